The minimum Gasteiger partial charge on any atom is -0.384 e. The van der Waals surface area contributed by atoms with E-state index in [4.69, 9.17) is 23.2 Å². The van der Waals surface area contributed by atoms with Crippen LogP contribution in [0.5, 0.6) is 0 Å². The fraction of sp³-hybridized carbons (Fsp3) is 0.362. The summed E-state index contributed by atoms with van der Waals surface area (Å²) in [5.74, 6) is -1.91. The first-order valence-electron chi connectivity index (χ1n) is 21.4. The van der Waals surface area contributed by atoms with Gasteiger partial charge >= 0.3 is 0 Å². The van der Waals surface area contributed by atoms with Crippen LogP contribution >= 0.6 is 23.2 Å². The summed E-state index contributed by atoms with van der Waals surface area (Å²) in [4.78, 5) is 83.7. The molecule has 1 unspecified atom stereocenters. The Morgan fingerprint density at radius 1 is 0.855 bits per heavy atom. The summed E-state index contributed by atoms with van der Waals surface area (Å²) in [5.41, 5.74) is 5.29. The molecular weight excluding hydrogens is 829 g/mol. The highest BCUT2D eigenvalue weighted by Crippen LogP contribution is 2.66. The normalized spacial score (nSPS) is 25.4. The highest BCUT2D eigenvalue weighted by molar-refractivity contribution is 6.37. The zero-order valence-electron chi connectivity index (χ0n) is 33.6. The van der Waals surface area contributed by atoms with Crippen LogP contribution in [0, 0.1) is 5.92 Å². The van der Waals surface area contributed by atoms with Crippen molar-refractivity contribution in [2.45, 2.75) is 80.4 Å². The maximum atomic E-state index is 14.7. The molecule has 13 nitrogen and oxygen atoms in total. The number of carbonyl (C=O) groups is 6. The molecule has 4 aromatic rings. The maximum absolute atomic E-state index is 14.7. The molecule has 2 aliphatic carbocycles. The standard InChI is InChI=1S/C47H43Cl2N7O6/c48-32-8-4-7-28-38(32)29-18-31-35(19-33(29)49)52-45(62)47(31)39(28)40(54-46(47)16-2-1-3-17-46)42(59)51-26-12-10-25(11-13-26)43(60)55-21-24(22-55)20-50-34-9-5-6-27-30(34)23-56(44(27)61)36-14-15-37(57)53-41(36)58/h4-13,18-19,24,36,39-40,50,54H,1-3,14-17,20-23H2,(H,51,59)(H,52,62)(H,53,57,58)/t36?,39-,40+,47+/m0/s1. The number of likely N-dealkylation sites (tertiary alicyclic amines) is 1. The van der Waals surface area contributed by atoms with E-state index < -0.39 is 34.9 Å². The molecule has 0 radical (unpaired) electrons. The van der Waals surface area contributed by atoms with E-state index in [0.29, 0.717) is 58.6 Å². The number of benzene rings is 4. The van der Waals surface area contributed by atoms with Crippen LogP contribution in [0.3, 0.4) is 0 Å². The number of rotatable bonds is 7. The van der Waals surface area contributed by atoms with Gasteiger partial charge in [-0.25, -0.2) is 0 Å². The third-order valence-corrected chi connectivity index (χ3v) is 15.2. The average molecular weight is 873 g/mol. The topological polar surface area (TPSA) is 169 Å². The van der Waals surface area contributed by atoms with E-state index in [2.05, 4.69) is 26.6 Å². The molecule has 5 heterocycles. The van der Waals surface area contributed by atoms with Crippen molar-refractivity contribution in [2.24, 2.45) is 5.92 Å². The van der Waals surface area contributed by atoms with Gasteiger partial charge in [-0.15, -0.1) is 0 Å². The number of hydrogen-bond donors (Lipinski definition) is 5. The number of amides is 6. The minimum absolute atomic E-state index is 0.112. The first kappa shape index (κ1) is 39.1. The van der Waals surface area contributed by atoms with E-state index in [1.807, 2.05) is 42.5 Å². The Hall–Kier alpha value is -5.76. The van der Waals surface area contributed by atoms with Crippen molar-refractivity contribution in [1.29, 1.82) is 0 Å². The van der Waals surface area contributed by atoms with E-state index >= 15 is 0 Å². The molecule has 7 aliphatic rings. The van der Waals surface area contributed by atoms with Crippen molar-refractivity contribution in [3.05, 3.63) is 111 Å². The van der Waals surface area contributed by atoms with Crippen LogP contribution in [0.25, 0.3) is 11.1 Å². The van der Waals surface area contributed by atoms with E-state index in [-0.39, 0.29) is 48.4 Å². The second-order valence-corrected chi connectivity index (χ2v) is 18.7. The van der Waals surface area contributed by atoms with Gasteiger partial charge in [0.05, 0.1) is 11.1 Å². The highest BCUT2D eigenvalue weighted by Gasteiger charge is 2.73. The summed E-state index contributed by atoms with van der Waals surface area (Å²) >= 11 is 13.8. The summed E-state index contributed by atoms with van der Waals surface area (Å²) < 4.78 is 0. The van der Waals surface area contributed by atoms with E-state index in [0.717, 1.165) is 65.6 Å². The van der Waals surface area contributed by atoms with Crippen LogP contribution in [-0.2, 0) is 31.1 Å². The molecule has 15 heteroatoms. The molecule has 6 amide bonds. The summed E-state index contributed by atoms with van der Waals surface area (Å²) in [6.45, 7) is 1.97. The van der Waals surface area contributed by atoms with Gasteiger partial charge in [-0.1, -0.05) is 60.7 Å². The number of nitrogens with zero attached hydrogens (tertiary/aromatic N) is 2. The lowest BCUT2D eigenvalue weighted by Crippen LogP contribution is -2.60. The largest absolute Gasteiger partial charge is 0.384 e. The molecule has 4 aromatic carbocycles. The second kappa shape index (κ2) is 14.4. The Morgan fingerprint density at radius 3 is 2.40 bits per heavy atom. The average Bonchev–Trinajstić information content (AvgIpc) is 3.80. The van der Waals surface area contributed by atoms with Gasteiger partial charge in [-0.05, 0) is 85.0 Å². The van der Waals surface area contributed by atoms with Crippen LogP contribution < -0.4 is 26.6 Å². The Balaban J connectivity index is 0.772. The van der Waals surface area contributed by atoms with E-state index in [1.54, 1.807) is 35.2 Å². The third-order valence-electron chi connectivity index (χ3n) is 14.6. The molecule has 4 atom stereocenters. The Labute approximate surface area is 367 Å². The predicted molar refractivity (Wildman–Crippen MR) is 233 cm³/mol. The van der Waals surface area contributed by atoms with Gasteiger partial charge in [0.15, 0.2) is 0 Å². The zero-order valence-corrected chi connectivity index (χ0v) is 35.1. The maximum Gasteiger partial charge on any atom is 0.255 e. The van der Waals surface area contributed by atoms with Crippen molar-refractivity contribution >= 4 is 75.7 Å². The number of halogens is 2. The predicted octanol–water partition coefficient (Wildman–Crippen LogP) is 6.21. The van der Waals surface area contributed by atoms with Crippen molar-refractivity contribution in [1.82, 2.24) is 20.4 Å². The molecule has 4 fully saturated rings. The molecule has 3 saturated heterocycles. The lowest BCUT2D eigenvalue weighted by Gasteiger charge is -2.46. The number of carbonyl (C=O) groups excluding carboxylic acids is 6. The van der Waals surface area contributed by atoms with Gasteiger partial charge in [0.1, 0.15) is 11.5 Å². The summed E-state index contributed by atoms with van der Waals surface area (Å²) in [6, 6.07) is 20.4. The van der Waals surface area contributed by atoms with Crippen molar-refractivity contribution in [3.63, 3.8) is 0 Å². The summed E-state index contributed by atoms with van der Waals surface area (Å²) in [6.07, 6.45) is 4.87. The molecule has 11 rings (SSSR count). The zero-order chi connectivity index (χ0) is 42.7. The Morgan fingerprint density at radius 2 is 1.63 bits per heavy atom. The van der Waals surface area contributed by atoms with Crippen molar-refractivity contribution < 1.29 is 28.8 Å². The molecular formula is C47H43Cl2N7O6. The van der Waals surface area contributed by atoms with Crippen molar-refractivity contribution in [2.75, 3.05) is 35.6 Å². The molecule has 1 saturated carbocycles. The minimum atomic E-state index is -1.07. The monoisotopic (exact) mass is 871 g/mol. The lowest BCUT2D eigenvalue weighted by atomic mass is 9.56. The van der Waals surface area contributed by atoms with Crippen LogP contribution in [0.4, 0.5) is 17.1 Å². The quantitative estimate of drug-likeness (QED) is 0.137. The van der Waals surface area contributed by atoms with Gasteiger partial charge in [0.2, 0.25) is 23.6 Å². The highest BCUT2D eigenvalue weighted by atomic mass is 35.5. The summed E-state index contributed by atoms with van der Waals surface area (Å²) in [7, 11) is 0. The molecule has 0 aromatic heterocycles. The number of anilines is 3. The Kier molecular flexibility index (Phi) is 9.08. The van der Waals surface area contributed by atoms with Gasteiger partial charge in [-0.2, -0.15) is 0 Å². The van der Waals surface area contributed by atoms with Crippen LogP contribution in [0.15, 0.2) is 72.8 Å². The van der Waals surface area contributed by atoms with Gasteiger partial charge in [-0.3, -0.25) is 39.4 Å². The molecule has 2 bridgehead atoms. The smallest absolute Gasteiger partial charge is 0.255 e. The molecule has 5 aliphatic heterocycles. The lowest BCUT2D eigenvalue weighted by molar-refractivity contribution is -0.137. The third kappa shape index (κ3) is 5.70. The van der Waals surface area contributed by atoms with E-state index in [1.165, 1.54) is 4.90 Å². The van der Waals surface area contributed by atoms with Gasteiger partial charge in [0.25, 0.3) is 11.8 Å². The fourth-order valence-electron chi connectivity index (χ4n) is 11.7. The van der Waals surface area contributed by atoms with Gasteiger partial charge in [0, 0.05) is 99.9 Å². The molecule has 5 N–H and O–H groups in total. The van der Waals surface area contributed by atoms with Crippen LogP contribution in [0.1, 0.15) is 88.3 Å². The first-order valence-corrected chi connectivity index (χ1v) is 22.2. The molecule has 316 valence electrons. The summed E-state index contributed by atoms with van der Waals surface area (Å²) in [5, 5.41) is 16.9. The number of nitrogens with one attached hydrogen (secondary N) is 5. The number of imide groups is 1. The molecule has 62 heavy (non-hydrogen) atoms. The number of fused-ring (bicyclic) bond motifs is 5. The SMILES string of the molecule is O=C1CCC(N2Cc3c(NCC4CN(C(=O)c5ccc(NC(=O)[C@@H]6NC7(CCCCC7)[C@]78C(=O)Nc9cc(Cl)c(cc97)-c7c(Cl)cccc7[C@@H]68)cc5)C4)cccc3C2=O)C(=O)N1. The molecule has 2 spiro atoms. The van der Waals surface area contributed by atoms with Crippen LogP contribution in [0.2, 0.25) is 10.0 Å². The van der Waals surface area contributed by atoms with Gasteiger partial charge < -0.3 is 25.8 Å². The van der Waals surface area contributed by atoms with Crippen LogP contribution in [-0.4, -0.2) is 82.5 Å². The van der Waals surface area contributed by atoms with Crippen molar-refractivity contribution in [3.8, 4) is 11.1 Å². The first-order chi connectivity index (χ1) is 30.0. The van der Waals surface area contributed by atoms with E-state index in [9.17, 15) is 28.8 Å². The fourth-order valence-corrected chi connectivity index (χ4v) is 12.3. The Bertz CT molecular complexity index is 2660. The number of hydrogen-bond acceptors (Lipinski definition) is 8. The number of piperidine rings is 1. The second-order valence-electron chi connectivity index (χ2n) is 17.8.